The molecule has 28 heavy (non-hydrogen) atoms. The van der Waals surface area contributed by atoms with Gasteiger partial charge in [-0.1, -0.05) is 36.4 Å². The first-order valence-electron chi connectivity index (χ1n) is 8.84. The maximum atomic E-state index is 12.8. The SMILES string of the molecule is COC(=O)c1ccc(NC(=O)c2ccccc2COc2ccccc2)c(C)c1. The van der Waals surface area contributed by atoms with Gasteiger partial charge in [-0.3, -0.25) is 4.79 Å². The van der Waals surface area contributed by atoms with E-state index in [1.807, 2.05) is 55.5 Å². The summed E-state index contributed by atoms with van der Waals surface area (Å²) in [7, 11) is 1.34. The maximum Gasteiger partial charge on any atom is 0.337 e. The molecule has 0 fully saturated rings. The minimum absolute atomic E-state index is 0.235. The van der Waals surface area contributed by atoms with E-state index < -0.39 is 5.97 Å². The van der Waals surface area contributed by atoms with Gasteiger partial charge in [0.05, 0.1) is 12.7 Å². The first kappa shape index (κ1) is 19.2. The summed E-state index contributed by atoms with van der Waals surface area (Å²) in [6, 6.07) is 21.8. The third-order valence-electron chi connectivity index (χ3n) is 4.30. The van der Waals surface area contributed by atoms with Crippen LogP contribution in [0.3, 0.4) is 0 Å². The second kappa shape index (κ2) is 8.86. The number of carbonyl (C=O) groups is 2. The molecule has 0 aliphatic rings. The topological polar surface area (TPSA) is 64.6 Å². The predicted octanol–water partition coefficient (Wildman–Crippen LogP) is 4.61. The van der Waals surface area contributed by atoms with Crippen LogP contribution in [0.25, 0.3) is 0 Å². The van der Waals surface area contributed by atoms with Crippen LogP contribution in [0.4, 0.5) is 5.69 Å². The van der Waals surface area contributed by atoms with Crippen molar-refractivity contribution in [3.05, 3.63) is 95.1 Å². The predicted molar refractivity (Wildman–Crippen MR) is 108 cm³/mol. The van der Waals surface area contributed by atoms with E-state index in [0.717, 1.165) is 16.9 Å². The number of carbonyl (C=O) groups excluding carboxylic acids is 2. The van der Waals surface area contributed by atoms with Crippen molar-refractivity contribution in [1.82, 2.24) is 0 Å². The summed E-state index contributed by atoms with van der Waals surface area (Å²) in [5.41, 5.74) is 3.17. The largest absolute Gasteiger partial charge is 0.489 e. The lowest BCUT2D eigenvalue weighted by atomic mass is 10.1. The lowest BCUT2D eigenvalue weighted by Crippen LogP contribution is -2.16. The molecular weight excluding hydrogens is 354 g/mol. The second-order valence-corrected chi connectivity index (χ2v) is 6.23. The van der Waals surface area contributed by atoms with Crippen LogP contribution in [0, 0.1) is 6.92 Å². The van der Waals surface area contributed by atoms with Gasteiger partial charge >= 0.3 is 5.97 Å². The average Bonchev–Trinajstić information content (AvgIpc) is 2.74. The monoisotopic (exact) mass is 375 g/mol. The number of para-hydroxylation sites is 1. The Morgan fingerprint density at radius 2 is 1.64 bits per heavy atom. The first-order valence-corrected chi connectivity index (χ1v) is 8.84. The molecule has 5 heteroatoms. The number of rotatable bonds is 6. The summed E-state index contributed by atoms with van der Waals surface area (Å²) in [6.07, 6.45) is 0. The molecule has 5 nitrogen and oxygen atoms in total. The third-order valence-corrected chi connectivity index (χ3v) is 4.30. The Morgan fingerprint density at radius 3 is 2.36 bits per heavy atom. The summed E-state index contributed by atoms with van der Waals surface area (Å²) >= 11 is 0. The summed E-state index contributed by atoms with van der Waals surface area (Å²) in [6.45, 7) is 2.11. The van der Waals surface area contributed by atoms with E-state index in [0.29, 0.717) is 16.8 Å². The van der Waals surface area contributed by atoms with E-state index in [9.17, 15) is 9.59 Å². The number of ether oxygens (including phenoxy) is 2. The lowest BCUT2D eigenvalue weighted by molar-refractivity contribution is 0.0600. The standard InChI is InChI=1S/C23H21NO4/c1-16-14-17(23(26)27-2)12-13-21(16)24-22(25)20-11-7-6-8-18(20)15-28-19-9-4-3-5-10-19/h3-14H,15H2,1-2H3,(H,24,25). The highest BCUT2D eigenvalue weighted by Crippen LogP contribution is 2.20. The highest BCUT2D eigenvalue weighted by atomic mass is 16.5. The van der Waals surface area contributed by atoms with Crippen molar-refractivity contribution in [2.24, 2.45) is 0 Å². The lowest BCUT2D eigenvalue weighted by Gasteiger charge is -2.13. The number of nitrogens with one attached hydrogen (secondary N) is 1. The molecule has 0 aliphatic heterocycles. The normalized spacial score (nSPS) is 10.2. The number of aryl methyl sites for hydroxylation is 1. The molecule has 0 radical (unpaired) electrons. The zero-order chi connectivity index (χ0) is 19.9. The minimum Gasteiger partial charge on any atom is -0.489 e. The van der Waals surface area contributed by atoms with E-state index in [-0.39, 0.29) is 12.5 Å². The van der Waals surface area contributed by atoms with Crippen molar-refractivity contribution in [3.8, 4) is 5.75 Å². The van der Waals surface area contributed by atoms with Crippen molar-refractivity contribution < 1.29 is 19.1 Å². The molecule has 3 aromatic rings. The molecule has 0 atom stereocenters. The molecule has 0 spiro atoms. The number of benzene rings is 3. The van der Waals surface area contributed by atoms with Crippen molar-refractivity contribution in [1.29, 1.82) is 0 Å². The zero-order valence-electron chi connectivity index (χ0n) is 15.8. The van der Waals surface area contributed by atoms with Crippen LogP contribution >= 0.6 is 0 Å². The Labute approximate surface area is 163 Å². The summed E-state index contributed by atoms with van der Waals surface area (Å²) in [5.74, 6) is 0.0949. The van der Waals surface area contributed by atoms with Crippen molar-refractivity contribution >= 4 is 17.6 Å². The Bertz CT molecular complexity index is 983. The number of hydrogen-bond acceptors (Lipinski definition) is 4. The number of amides is 1. The molecule has 0 bridgehead atoms. The second-order valence-electron chi connectivity index (χ2n) is 6.23. The number of methoxy groups -OCH3 is 1. The Balaban J connectivity index is 1.75. The van der Waals surface area contributed by atoms with Gasteiger partial charge in [0.15, 0.2) is 0 Å². The van der Waals surface area contributed by atoms with Crippen LogP contribution in [0.1, 0.15) is 31.8 Å². The minimum atomic E-state index is -0.413. The van der Waals surface area contributed by atoms with E-state index in [2.05, 4.69) is 5.32 Å². The van der Waals surface area contributed by atoms with Crippen LogP contribution in [0.15, 0.2) is 72.8 Å². The third kappa shape index (κ3) is 4.57. The molecule has 3 rings (SSSR count). The average molecular weight is 375 g/mol. The molecule has 1 amide bonds. The van der Waals surface area contributed by atoms with Gasteiger partial charge in [0, 0.05) is 16.8 Å². The van der Waals surface area contributed by atoms with Gasteiger partial charge in [-0.2, -0.15) is 0 Å². The Hall–Kier alpha value is -3.60. The molecule has 0 saturated heterocycles. The zero-order valence-corrected chi connectivity index (χ0v) is 15.8. The highest BCUT2D eigenvalue weighted by Gasteiger charge is 2.14. The van der Waals surface area contributed by atoms with Gasteiger partial charge in [-0.25, -0.2) is 4.79 Å². The van der Waals surface area contributed by atoms with Crippen LogP contribution in [-0.2, 0) is 11.3 Å². The fraction of sp³-hybridized carbons (Fsp3) is 0.130. The quantitative estimate of drug-likeness (QED) is 0.639. The highest BCUT2D eigenvalue weighted by molar-refractivity contribution is 6.06. The molecule has 0 aromatic heterocycles. The van der Waals surface area contributed by atoms with Crippen LogP contribution in [0.5, 0.6) is 5.75 Å². The molecule has 1 N–H and O–H groups in total. The molecule has 0 aliphatic carbocycles. The van der Waals surface area contributed by atoms with Gasteiger partial charge in [0.2, 0.25) is 0 Å². The van der Waals surface area contributed by atoms with Crippen LogP contribution in [0.2, 0.25) is 0 Å². The molecule has 0 saturated carbocycles. The number of hydrogen-bond donors (Lipinski definition) is 1. The first-order chi connectivity index (χ1) is 13.6. The molecule has 0 unspecified atom stereocenters. The van der Waals surface area contributed by atoms with Crippen molar-refractivity contribution in [3.63, 3.8) is 0 Å². The maximum absolute atomic E-state index is 12.8. The molecule has 3 aromatic carbocycles. The molecule has 142 valence electrons. The Morgan fingerprint density at radius 1 is 0.929 bits per heavy atom. The summed E-state index contributed by atoms with van der Waals surface area (Å²) in [4.78, 5) is 24.4. The van der Waals surface area contributed by atoms with Gasteiger partial charge in [-0.05, 0) is 48.9 Å². The fourth-order valence-electron chi connectivity index (χ4n) is 2.78. The smallest absolute Gasteiger partial charge is 0.337 e. The van der Waals surface area contributed by atoms with Crippen LogP contribution < -0.4 is 10.1 Å². The summed E-state index contributed by atoms with van der Waals surface area (Å²) < 4.78 is 10.5. The van der Waals surface area contributed by atoms with E-state index in [1.165, 1.54) is 7.11 Å². The van der Waals surface area contributed by atoms with E-state index >= 15 is 0 Å². The molecular formula is C23H21NO4. The molecule has 0 heterocycles. The number of esters is 1. The van der Waals surface area contributed by atoms with Crippen molar-refractivity contribution in [2.75, 3.05) is 12.4 Å². The van der Waals surface area contributed by atoms with E-state index in [1.54, 1.807) is 24.3 Å². The van der Waals surface area contributed by atoms with Gasteiger partial charge < -0.3 is 14.8 Å². The fourth-order valence-corrected chi connectivity index (χ4v) is 2.78. The Kier molecular flexibility index (Phi) is 6.07. The van der Waals surface area contributed by atoms with Crippen molar-refractivity contribution in [2.45, 2.75) is 13.5 Å². The van der Waals surface area contributed by atoms with Gasteiger partial charge in [0.1, 0.15) is 12.4 Å². The van der Waals surface area contributed by atoms with E-state index in [4.69, 9.17) is 9.47 Å². The van der Waals surface area contributed by atoms with Crippen LogP contribution in [-0.4, -0.2) is 19.0 Å². The number of anilines is 1. The van der Waals surface area contributed by atoms with Gasteiger partial charge in [0.25, 0.3) is 5.91 Å². The summed E-state index contributed by atoms with van der Waals surface area (Å²) in [5, 5.41) is 2.90. The van der Waals surface area contributed by atoms with Gasteiger partial charge in [-0.15, -0.1) is 0 Å².